The molecule has 2 nitrogen and oxygen atoms in total. The molecule has 0 radical (unpaired) electrons. The fourth-order valence-corrected chi connectivity index (χ4v) is 2.61. The van der Waals surface area contributed by atoms with Crippen LogP contribution in [0, 0.1) is 6.92 Å². The number of Topliss-reactive ketones (excluding diaryl/α,β-unsaturated/α-hetero) is 1. The van der Waals surface area contributed by atoms with Crippen molar-refractivity contribution in [3.63, 3.8) is 0 Å². The highest BCUT2D eigenvalue weighted by Gasteiger charge is 2.14. The molecule has 0 unspecified atom stereocenters. The molecule has 1 aliphatic rings. The number of hydrogen-bond acceptors (Lipinski definition) is 2. The number of pyridine rings is 1. The van der Waals surface area contributed by atoms with Gasteiger partial charge in [-0.05, 0) is 55.0 Å². The van der Waals surface area contributed by atoms with Crippen LogP contribution in [0.2, 0.25) is 0 Å². The number of hydrogen-bond donors (Lipinski definition) is 0. The minimum Gasteiger partial charge on any atom is -0.294 e. The lowest BCUT2D eigenvalue weighted by Gasteiger charge is -2.04. The van der Waals surface area contributed by atoms with Crippen LogP contribution < -0.4 is 0 Å². The third-order valence-electron chi connectivity index (χ3n) is 3.73. The van der Waals surface area contributed by atoms with Crippen LogP contribution in [0.15, 0.2) is 36.5 Å². The Morgan fingerprint density at radius 1 is 1.16 bits per heavy atom. The zero-order valence-corrected chi connectivity index (χ0v) is 11.1. The van der Waals surface area contributed by atoms with Crippen molar-refractivity contribution in [2.75, 3.05) is 0 Å². The smallest absolute Gasteiger partial charge is 0.168 e. The highest BCUT2D eigenvalue weighted by molar-refractivity contribution is 5.97. The molecule has 0 amide bonds. The van der Waals surface area contributed by atoms with E-state index in [1.165, 1.54) is 17.5 Å². The number of aromatic nitrogens is 1. The molecule has 2 heteroatoms. The number of rotatable bonds is 3. The van der Waals surface area contributed by atoms with Gasteiger partial charge in [-0.3, -0.25) is 9.78 Å². The van der Waals surface area contributed by atoms with Crippen molar-refractivity contribution in [3.8, 4) is 0 Å². The molecule has 2 aromatic rings. The number of aryl methyl sites for hydroxylation is 3. The molecule has 3 rings (SSSR count). The van der Waals surface area contributed by atoms with E-state index in [2.05, 4.69) is 17.1 Å². The second kappa shape index (κ2) is 4.96. The zero-order chi connectivity index (χ0) is 13.2. The maximum atomic E-state index is 12.3. The number of benzene rings is 1. The maximum Gasteiger partial charge on any atom is 0.168 e. The second-order valence-electron chi connectivity index (χ2n) is 5.26. The van der Waals surface area contributed by atoms with Crippen LogP contribution in [-0.2, 0) is 19.3 Å². The van der Waals surface area contributed by atoms with Crippen LogP contribution >= 0.6 is 0 Å². The first-order valence-electron chi connectivity index (χ1n) is 6.79. The lowest BCUT2D eigenvalue weighted by atomic mass is 10.0. The molecule has 0 fully saturated rings. The van der Waals surface area contributed by atoms with Crippen LogP contribution in [0.5, 0.6) is 0 Å². The normalized spacial score (nSPS) is 13.3. The van der Waals surface area contributed by atoms with Crippen molar-refractivity contribution in [3.05, 3.63) is 64.5 Å². The predicted molar refractivity (Wildman–Crippen MR) is 75.5 cm³/mol. The SMILES string of the molecule is Cc1ccc(CC(=O)c2ccc3c(c2)CCC3)nc1. The van der Waals surface area contributed by atoms with Crippen LogP contribution in [0.1, 0.15) is 39.2 Å². The molecular weight excluding hydrogens is 234 g/mol. The number of nitrogens with zero attached hydrogens (tertiary/aromatic N) is 1. The molecule has 0 saturated heterocycles. The average molecular weight is 251 g/mol. The number of fused-ring (bicyclic) bond motifs is 1. The Labute approximate surface area is 113 Å². The molecule has 1 heterocycles. The van der Waals surface area contributed by atoms with Crippen LogP contribution in [0.4, 0.5) is 0 Å². The van der Waals surface area contributed by atoms with Gasteiger partial charge >= 0.3 is 0 Å². The first-order chi connectivity index (χ1) is 9.22. The van der Waals surface area contributed by atoms with Gasteiger partial charge in [-0.1, -0.05) is 18.2 Å². The van der Waals surface area contributed by atoms with E-state index in [0.29, 0.717) is 6.42 Å². The van der Waals surface area contributed by atoms with Gasteiger partial charge in [0.2, 0.25) is 0 Å². The summed E-state index contributed by atoms with van der Waals surface area (Å²) in [6, 6.07) is 10.1. The number of carbonyl (C=O) groups is 1. The largest absolute Gasteiger partial charge is 0.294 e. The topological polar surface area (TPSA) is 30.0 Å². The Hall–Kier alpha value is -1.96. The molecule has 0 aliphatic heterocycles. The van der Waals surface area contributed by atoms with E-state index in [1.54, 1.807) is 0 Å². The van der Waals surface area contributed by atoms with Crippen molar-refractivity contribution in [2.24, 2.45) is 0 Å². The van der Waals surface area contributed by atoms with E-state index in [9.17, 15) is 4.79 Å². The van der Waals surface area contributed by atoms with Crippen molar-refractivity contribution in [1.29, 1.82) is 0 Å². The summed E-state index contributed by atoms with van der Waals surface area (Å²) in [5, 5.41) is 0. The van der Waals surface area contributed by atoms with Crippen LogP contribution in [0.3, 0.4) is 0 Å². The predicted octanol–water partition coefficient (Wildman–Crippen LogP) is 3.30. The molecule has 0 atom stereocenters. The summed E-state index contributed by atoms with van der Waals surface area (Å²) in [4.78, 5) is 16.6. The summed E-state index contributed by atoms with van der Waals surface area (Å²) < 4.78 is 0. The standard InChI is InChI=1S/C17H17NO/c1-12-5-8-16(18-11-12)10-17(19)15-7-6-13-3-2-4-14(13)9-15/h5-9,11H,2-4,10H2,1H3. The third kappa shape index (κ3) is 2.58. The van der Waals surface area contributed by atoms with Gasteiger partial charge in [-0.2, -0.15) is 0 Å². The Bertz CT molecular complexity index is 614. The molecular formula is C17H17NO. The highest BCUT2D eigenvalue weighted by atomic mass is 16.1. The van der Waals surface area contributed by atoms with E-state index in [0.717, 1.165) is 29.7 Å². The van der Waals surface area contributed by atoms with E-state index in [-0.39, 0.29) is 5.78 Å². The number of carbonyl (C=O) groups excluding carboxylic acids is 1. The Balaban J connectivity index is 1.78. The Morgan fingerprint density at radius 3 is 2.79 bits per heavy atom. The molecule has 19 heavy (non-hydrogen) atoms. The van der Waals surface area contributed by atoms with Gasteiger partial charge in [-0.25, -0.2) is 0 Å². The van der Waals surface area contributed by atoms with Gasteiger partial charge in [0, 0.05) is 17.5 Å². The highest BCUT2D eigenvalue weighted by Crippen LogP contribution is 2.23. The van der Waals surface area contributed by atoms with Crippen LogP contribution in [-0.4, -0.2) is 10.8 Å². The van der Waals surface area contributed by atoms with E-state index >= 15 is 0 Å². The zero-order valence-electron chi connectivity index (χ0n) is 11.1. The molecule has 0 saturated carbocycles. The van der Waals surface area contributed by atoms with E-state index in [1.807, 2.05) is 31.3 Å². The van der Waals surface area contributed by atoms with Crippen molar-refractivity contribution >= 4 is 5.78 Å². The number of ketones is 1. The van der Waals surface area contributed by atoms with E-state index in [4.69, 9.17) is 0 Å². The third-order valence-corrected chi connectivity index (χ3v) is 3.73. The summed E-state index contributed by atoms with van der Waals surface area (Å²) in [6.45, 7) is 2.00. The summed E-state index contributed by atoms with van der Waals surface area (Å²) in [5.41, 5.74) is 5.54. The molecule has 0 spiro atoms. The molecule has 1 aromatic carbocycles. The lowest BCUT2D eigenvalue weighted by molar-refractivity contribution is 0.0992. The average Bonchev–Trinajstić information content (AvgIpc) is 2.88. The summed E-state index contributed by atoms with van der Waals surface area (Å²) in [7, 11) is 0. The first kappa shape index (κ1) is 12.1. The molecule has 0 bridgehead atoms. The fourth-order valence-electron chi connectivity index (χ4n) is 2.61. The molecule has 0 N–H and O–H groups in total. The van der Waals surface area contributed by atoms with Gasteiger partial charge in [0.25, 0.3) is 0 Å². The van der Waals surface area contributed by atoms with Crippen LogP contribution in [0.25, 0.3) is 0 Å². The van der Waals surface area contributed by atoms with Gasteiger partial charge in [0.05, 0.1) is 6.42 Å². The quantitative estimate of drug-likeness (QED) is 0.783. The molecule has 1 aliphatic carbocycles. The maximum absolute atomic E-state index is 12.3. The monoisotopic (exact) mass is 251 g/mol. The first-order valence-corrected chi connectivity index (χ1v) is 6.79. The van der Waals surface area contributed by atoms with E-state index < -0.39 is 0 Å². The summed E-state index contributed by atoms with van der Waals surface area (Å²) in [5.74, 6) is 0.158. The van der Waals surface area contributed by atoms with Gasteiger partial charge < -0.3 is 0 Å². The van der Waals surface area contributed by atoms with Gasteiger partial charge in [0.15, 0.2) is 5.78 Å². The summed E-state index contributed by atoms with van der Waals surface area (Å²) in [6.07, 6.45) is 5.68. The second-order valence-corrected chi connectivity index (χ2v) is 5.26. The van der Waals surface area contributed by atoms with Crippen molar-refractivity contribution in [2.45, 2.75) is 32.6 Å². The van der Waals surface area contributed by atoms with Gasteiger partial charge in [0.1, 0.15) is 0 Å². The Kier molecular flexibility index (Phi) is 3.16. The lowest BCUT2D eigenvalue weighted by Crippen LogP contribution is -2.05. The van der Waals surface area contributed by atoms with Crippen molar-refractivity contribution in [1.82, 2.24) is 4.98 Å². The molecule has 96 valence electrons. The minimum absolute atomic E-state index is 0.158. The van der Waals surface area contributed by atoms with Gasteiger partial charge in [-0.15, -0.1) is 0 Å². The fraction of sp³-hybridized carbons (Fsp3) is 0.294. The van der Waals surface area contributed by atoms with Crippen molar-refractivity contribution < 1.29 is 4.79 Å². The Morgan fingerprint density at radius 2 is 2.00 bits per heavy atom. The minimum atomic E-state index is 0.158. The molecule has 1 aromatic heterocycles. The summed E-state index contributed by atoms with van der Waals surface area (Å²) >= 11 is 0.